The molecule has 3 rings (SSSR count). The first-order chi connectivity index (χ1) is 15.0. The molecule has 1 saturated heterocycles. The Morgan fingerprint density at radius 3 is 2.38 bits per heavy atom. The molecular weight excluding hydrogens is 468 g/mol. The quantitative estimate of drug-likeness (QED) is 0.369. The van der Waals surface area contributed by atoms with Crippen LogP contribution in [0.15, 0.2) is 10.7 Å². The van der Waals surface area contributed by atoms with Gasteiger partial charge in [-0.1, -0.05) is 13.8 Å². The Hall–Kier alpha value is -1.14. The van der Waals surface area contributed by atoms with Gasteiger partial charge in [-0.2, -0.15) is 0 Å². The predicted molar refractivity (Wildman–Crippen MR) is 133 cm³/mol. The van der Waals surface area contributed by atoms with E-state index in [0.29, 0.717) is 5.41 Å². The highest BCUT2D eigenvalue weighted by molar-refractivity contribution is 9.10. The number of halogens is 1. The molecule has 180 valence electrons. The van der Waals surface area contributed by atoms with Gasteiger partial charge in [0.1, 0.15) is 0 Å². The SMILES string of the molecule is Cc1ncc(Br)c(N2CCC(C)(CC3CC(C)C3)CC2)c1[C@H](OC(C)C)C(=O)OC(C)C. The first-order valence-electron chi connectivity index (χ1n) is 12.2. The fraction of sp³-hybridized carbons (Fsp3) is 0.769. The van der Waals surface area contributed by atoms with Crippen molar-refractivity contribution in [3.8, 4) is 0 Å². The van der Waals surface area contributed by atoms with Crippen LogP contribution >= 0.6 is 15.9 Å². The molecule has 6 heteroatoms. The highest BCUT2D eigenvalue weighted by Gasteiger charge is 2.38. The summed E-state index contributed by atoms with van der Waals surface area (Å²) >= 11 is 3.74. The highest BCUT2D eigenvalue weighted by atomic mass is 79.9. The normalized spacial score (nSPS) is 23.9. The number of esters is 1. The van der Waals surface area contributed by atoms with Crippen molar-refractivity contribution in [3.63, 3.8) is 0 Å². The van der Waals surface area contributed by atoms with Crippen LogP contribution in [0.3, 0.4) is 0 Å². The summed E-state index contributed by atoms with van der Waals surface area (Å²) in [4.78, 5) is 20.0. The zero-order valence-corrected chi connectivity index (χ0v) is 22.5. The Morgan fingerprint density at radius 1 is 1.22 bits per heavy atom. The first-order valence-corrected chi connectivity index (χ1v) is 13.0. The molecule has 0 amide bonds. The fourth-order valence-corrected chi connectivity index (χ4v) is 6.00. The van der Waals surface area contributed by atoms with Gasteiger partial charge in [0.2, 0.25) is 0 Å². The fourth-order valence-electron chi connectivity index (χ4n) is 5.43. The van der Waals surface area contributed by atoms with Gasteiger partial charge in [0.05, 0.1) is 22.4 Å². The van der Waals surface area contributed by atoms with Crippen molar-refractivity contribution < 1.29 is 14.3 Å². The van der Waals surface area contributed by atoms with Crippen LogP contribution in [0.25, 0.3) is 0 Å². The van der Waals surface area contributed by atoms with E-state index in [1.807, 2.05) is 40.8 Å². The smallest absolute Gasteiger partial charge is 0.340 e. The van der Waals surface area contributed by atoms with Crippen LogP contribution in [0, 0.1) is 24.2 Å². The van der Waals surface area contributed by atoms with Gasteiger partial charge < -0.3 is 14.4 Å². The average Bonchev–Trinajstić information content (AvgIpc) is 2.67. The number of anilines is 1. The third-order valence-corrected chi connectivity index (χ3v) is 7.60. The summed E-state index contributed by atoms with van der Waals surface area (Å²) in [6.07, 6.45) is 7.20. The minimum Gasteiger partial charge on any atom is -0.461 e. The summed E-state index contributed by atoms with van der Waals surface area (Å²) in [7, 11) is 0. The summed E-state index contributed by atoms with van der Waals surface area (Å²) < 4.78 is 12.6. The molecule has 5 nitrogen and oxygen atoms in total. The van der Waals surface area contributed by atoms with E-state index >= 15 is 0 Å². The predicted octanol–water partition coefficient (Wildman–Crippen LogP) is 6.61. The maximum absolute atomic E-state index is 13.1. The number of hydrogen-bond acceptors (Lipinski definition) is 5. The lowest BCUT2D eigenvalue weighted by molar-refractivity contribution is -0.164. The van der Waals surface area contributed by atoms with Crippen molar-refractivity contribution in [2.75, 3.05) is 18.0 Å². The molecule has 2 heterocycles. The van der Waals surface area contributed by atoms with Gasteiger partial charge in [-0.25, -0.2) is 4.79 Å². The van der Waals surface area contributed by atoms with Crippen molar-refractivity contribution in [3.05, 3.63) is 21.9 Å². The second-order valence-corrected chi connectivity index (χ2v) is 11.8. The van der Waals surface area contributed by atoms with Crippen molar-refractivity contribution in [1.29, 1.82) is 0 Å². The second kappa shape index (κ2) is 10.4. The van der Waals surface area contributed by atoms with Crippen molar-refractivity contribution in [2.45, 2.75) is 98.9 Å². The lowest BCUT2D eigenvalue weighted by atomic mass is 9.65. The molecule has 2 fully saturated rings. The standard InChI is InChI=1S/C26H41BrN2O3/c1-16(2)31-24(25(30)32-17(3)4)22-19(6)28-15-21(27)23(22)29-10-8-26(7,9-11-29)14-20-12-18(5)13-20/h15-18,20,24H,8-14H2,1-7H3/t18?,20?,24-/m0/s1. The summed E-state index contributed by atoms with van der Waals surface area (Å²) in [6.45, 7) is 16.4. The van der Waals surface area contributed by atoms with E-state index in [9.17, 15) is 4.79 Å². The van der Waals surface area contributed by atoms with E-state index in [4.69, 9.17) is 9.47 Å². The minimum atomic E-state index is -0.790. The average molecular weight is 510 g/mol. The van der Waals surface area contributed by atoms with E-state index < -0.39 is 6.10 Å². The zero-order valence-electron chi connectivity index (χ0n) is 20.9. The van der Waals surface area contributed by atoms with Gasteiger partial charge in [0.15, 0.2) is 6.10 Å². The third-order valence-electron chi connectivity index (χ3n) is 7.02. The van der Waals surface area contributed by atoms with Crippen LogP contribution in [0.5, 0.6) is 0 Å². The second-order valence-electron chi connectivity index (χ2n) is 10.9. The van der Waals surface area contributed by atoms with Crippen LogP contribution in [0.2, 0.25) is 0 Å². The lowest BCUT2D eigenvalue weighted by Crippen LogP contribution is -2.42. The third kappa shape index (κ3) is 6.05. The van der Waals surface area contributed by atoms with Crippen LogP contribution in [0.1, 0.15) is 91.0 Å². The number of ether oxygens (including phenoxy) is 2. The van der Waals surface area contributed by atoms with Gasteiger partial charge in [0, 0.05) is 30.5 Å². The van der Waals surface area contributed by atoms with Crippen molar-refractivity contribution >= 4 is 27.6 Å². The Bertz CT molecular complexity index is 797. The largest absolute Gasteiger partial charge is 0.461 e. The van der Waals surface area contributed by atoms with Crippen LogP contribution in [0.4, 0.5) is 5.69 Å². The highest BCUT2D eigenvalue weighted by Crippen LogP contribution is 2.47. The molecule has 1 saturated carbocycles. The van der Waals surface area contributed by atoms with E-state index in [1.54, 1.807) is 0 Å². The molecule has 0 radical (unpaired) electrons. The Morgan fingerprint density at radius 2 is 1.84 bits per heavy atom. The summed E-state index contributed by atoms with van der Waals surface area (Å²) in [5.74, 6) is 1.46. The van der Waals surface area contributed by atoms with Gasteiger partial charge in [-0.3, -0.25) is 4.98 Å². The lowest BCUT2D eigenvalue weighted by Gasteiger charge is -2.46. The molecule has 1 aliphatic carbocycles. The molecule has 0 N–H and O–H groups in total. The van der Waals surface area contributed by atoms with E-state index in [0.717, 1.165) is 59.2 Å². The van der Waals surface area contributed by atoms with Crippen LogP contribution < -0.4 is 4.90 Å². The van der Waals surface area contributed by atoms with Gasteiger partial charge in [-0.15, -0.1) is 0 Å². The number of carbonyl (C=O) groups is 1. The molecular formula is C26H41BrN2O3. The topological polar surface area (TPSA) is 51.7 Å². The number of carbonyl (C=O) groups excluding carboxylic acids is 1. The number of rotatable bonds is 8. The zero-order chi connectivity index (χ0) is 23.6. The molecule has 2 aliphatic rings. The van der Waals surface area contributed by atoms with Crippen molar-refractivity contribution in [2.24, 2.45) is 17.3 Å². The number of piperidine rings is 1. The monoisotopic (exact) mass is 508 g/mol. The molecule has 32 heavy (non-hydrogen) atoms. The maximum Gasteiger partial charge on any atom is 0.340 e. The minimum absolute atomic E-state index is 0.111. The van der Waals surface area contributed by atoms with Crippen LogP contribution in [-0.2, 0) is 14.3 Å². The Labute approximate surface area is 202 Å². The number of aryl methyl sites for hydroxylation is 1. The first kappa shape index (κ1) is 25.5. The number of aromatic nitrogens is 1. The van der Waals surface area contributed by atoms with Crippen LogP contribution in [-0.4, -0.2) is 36.3 Å². The van der Waals surface area contributed by atoms with E-state index in [-0.39, 0.29) is 18.2 Å². The molecule has 1 aliphatic heterocycles. The van der Waals surface area contributed by atoms with E-state index in [1.165, 1.54) is 19.3 Å². The molecule has 0 bridgehead atoms. The molecule has 0 unspecified atom stereocenters. The summed E-state index contributed by atoms with van der Waals surface area (Å²) in [5.41, 5.74) is 3.07. The molecule has 1 atom stereocenters. The molecule has 1 aromatic heterocycles. The Balaban J connectivity index is 1.85. The number of hydrogen-bond donors (Lipinski definition) is 0. The van der Waals surface area contributed by atoms with Gasteiger partial charge in [0.25, 0.3) is 0 Å². The van der Waals surface area contributed by atoms with Gasteiger partial charge in [-0.05, 0) is 99.9 Å². The number of pyridine rings is 1. The maximum atomic E-state index is 13.1. The number of nitrogens with zero attached hydrogens (tertiary/aromatic N) is 2. The molecule has 1 aromatic rings. The molecule has 0 spiro atoms. The summed E-state index contributed by atoms with van der Waals surface area (Å²) in [5, 5.41) is 0. The van der Waals surface area contributed by atoms with E-state index in [2.05, 4.69) is 39.7 Å². The van der Waals surface area contributed by atoms with Crippen molar-refractivity contribution in [1.82, 2.24) is 4.98 Å². The van der Waals surface area contributed by atoms with Gasteiger partial charge >= 0.3 is 5.97 Å². The molecule has 0 aromatic carbocycles. The Kier molecular flexibility index (Phi) is 8.30. The summed E-state index contributed by atoms with van der Waals surface area (Å²) in [6, 6.07) is 0.